The molecule has 0 aromatic heterocycles. The van der Waals surface area contributed by atoms with Gasteiger partial charge in [0, 0.05) is 7.05 Å². The van der Waals surface area contributed by atoms with Crippen LogP contribution in [0.15, 0.2) is 29.3 Å². The summed E-state index contributed by atoms with van der Waals surface area (Å²) < 4.78 is 6.89. The van der Waals surface area contributed by atoms with E-state index in [4.69, 9.17) is 4.74 Å². The van der Waals surface area contributed by atoms with E-state index < -0.39 is 12.1 Å². The third-order valence-electron chi connectivity index (χ3n) is 4.31. The number of imide groups is 1. The Hall–Kier alpha value is -2.88. The Morgan fingerprint density at radius 3 is 2.70 bits per heavy atom. The van der Waals surface area contributed by atoms with E-state index in [9.17, 15) is 14.4 Å². The van der Waals surface area contributed by atoms with Crippen LogP contribution < -0.4 is 10.1 Å². The molecule has 1 unspecified atom stereocenters. The Labute approximate surface area is 160 Å². The van der Waals surface area contributed by atoms with E-state index in [1.54, 1.807) is 36.9 Å². The summed E-state index contributed by atoms with van der Waals surface area (Å²) in [6.45, 7) is 0. The number of amides is 4. The zero-order chi connectivity index (χ0) is 19.7. The predicted molar refractivity (Wildman–Crippen MR) is 102 cm³/mol. The number of nitrogens with one attached hydrogen (secondary N) is 1. The summed E-state index contributed by atoms with van der Waals surface area (Å²) in [6, 6.07) is 5.96. The van der Waals surface area contributed by atoms with Crippen LogP contribution in [-0.2, 0) is 9.59 Å². The number of rotatable bonds is 4. The lowest BCUT2D eigenvalue weighted by Gasteiger charge is -2.27. The van der Waals surface area contributed by atoms with Gasteiger partial charge in [0.1, 0.15) is 5.75 Å². The molecule has 2 aliphatic rings. The second-order valence-electron chi connectivity index (χ2n) is 6.01. The van der Waals surface area contributed by atoms with Crippen LogP contribution >= 0.6 is 11.8 Å². The van der Waals surface area contributed by atoms with Crippen molar-refractivity contribution in [2.45, 2.75) is 6.04 Å². The largest absolute Gasteiger partial charge is 0.495 e. The van der Waals surface area contributed by atoms with E-state index in [2.05, 4.69) is 10.3 Å². The minimum absolute atomic E-state index is 0.100. The van der Waals surface area contributed by atoms with Gasteiger partial charge >= 0.3 is 6.03 Å². The van der Waals surface area contributed by atoms with Gasteiger partial charge in [0.15, 0.2) is 0 Å². The van der Waals surface area contributed by atoms with Crippen LogP contribution in [0.2, 0.25) is 0 Å². The number of urea groups is 1. The highest BCUT2D eigenvalue weighted by Crippen LogP contribution is 2.24. The van der Waals surface area contributed by atoms with Crippen LogP contribution in [-0.4, -0.2) is 83.3 Å². The highest BCUT2D eigenvalue weighted by molar-refractivity contribution is 8.14. The highest BCUT2D eigenvalue weighted by atomic mass is 32.2. The smallest absolute Gasteiger partial charge is 0.388 e. The number of thioether (sulfide) groups is 1. The number of ether oxygens (including phenoxy) is 1. The Bertz CT molecular complexity index is 882. The molecule has 0 saturated carbocycles. The zero-order valence-electron chi connectivity index (χ0n) is 15.4. The Morgan fingerprint density at radius 2 is 2.00 bits per heavy atom. The van der Waals surface area contributed by atoms with Crippen molar-refractivity contribution in [2.75, 3.05) is 39.3 Å². The van der Waals surface area contributed by atoms with Gasteiger partial charge in [-0.1, -0.05) is 12.1 Å². The molecule has 1 fully saturated rings. The predicted octanol–water partition coefficient (Wildman–Crippen LogP) is 0.670. The first-order valence-electron chi connectivity index (χ1n) is 8.14. The summed E-state index contributed by atoms with van der Waals surface area (Å²) in [4.78, 5) is 43.6. The molecule has 0 bridgehead atoms. The molecule has 0 radical (unpaired) electrons. The van der Waals surface area contributed by atoms with Gasteiger partial charge in [-0.25, -0.2) is 14.3 Å². The molecular weight excluding hydrogens is 370 g/mol. The molecule has 0 spiro atoms. The lowest BCUT2D eigenvalue weighted by molar-refractivity contribution is -0.367. The first-order valence-corrected chi connectivity index (χ1v) is 9.13. The van der Waals surface area contributed by atoms with Gasteiger partial charge in [-0.2, -0.15) is 0 Å². The second kappa shape index (κ2) is 7.39. The van der Waals surface area contributed by atoms with Crippen LogP contribution in [0.1, 0.15) is 0 Å². The zero-order valence-corrected chi connectivity index (χ0v) is 16.2. The number of fused-ring (bicyclic) bond motifs is 1. The van der Waals surface area contributed by atoms with Crippen molar-refractivity contribution in [3.8, 4) is 5.75 Å². The van der Waals surface area contributed by atoms with Gasteiger partial charge in [0.25, 0.3) is 23.0 Å². The molecular formula is C17H20N5O4S+. The molecule has 1 aromatic rings. The molecule has 27 heavy (non-hydrogen) atoms. The van der Waals surface area contributed by atoms with Crippen LogP contribution in [0.4, 0.5) is 10.5 Å². The van der Waals surface area contributed by atoms with Crippen molar-refractivity contribution in [3.63, 3.8) is 0 Å². The number of methoxy groups -OCH3 is 1. The molecule has 3 rings (SSSR count). The van der Waals surface area contributed by atoms with Crippen LogP contribution in [0, 0.1) is 0 Å². The summed E-state index contributed by atoms with van der Waals surface area (Å²) in [5, 5.41) is 3.30. The van der Waals surface area contributed by atoms with Gasteiger partial charge in [-0.05, 0) is 23.9 Å². The lowest BCUT2D eigenvalue weighted by atomic mass is 10.2. The van der Waals surface area contributed by atoms with Crippen molar-refractivity contribution in [1.29, 1.82) is 0 Å². The Kier molecular flexibility index (Phi) is 5.17. The average molecular weight is 390 g/mol. The maximum atomic E-state index is 12.3. The molecule has 0 aliphatic carbocycles. The van der Waals surface area contributed by atoms with Gasteiger partial charge in [0.2, 0.25) is 5.91 Å². The van der Waals surface area contributed by atoms with E-state index in [1.165, 1.54) is 30.8 Å². The molecule has 10 heteroatoms. The number of carbonyl (C=O) groups excluding carboxylic acids is 3. The fraction of sp³-hybridized carbons (Fsp3) is 0.353. The van der Waals surface area contributed by atoms with Crippen molar-refractivity contribution >= 4 is 46.3 Å². The number of nitrogens with zero attached hydrogens (tertiary/aromatic N) is 4. The summed E-state index contributed by atoms with van der Waals surface area (Å²) in [5.74, 6) is 0.558. The first kappa shape index (κ1) is 18.9. The van der Waals surface area contributed by atoms with Gasteiger partial charge in [-0.3, -0.25) is 14.5 Å². The van der Waals surface area contributed by atoms with E-state index in [0.717, 1.165) is 4.90 Å². The number of aliphatic imine (C=N–C) groups is 1. The molecule has 9 nitrogen and oxygen atoms in total. The fourth-order valence-corrected chi connectivity index (χ4v) is 3.71. The number of amidine groups is 2. The lowest BCUT2D eigenvalue weighted by Crippen LogP contribution is -2.59. The monoisotopic (exact) mass is 390 g/mol. The number of hydrogen-bond donors (Lipinski definition) is 1. The highest BCUT2D eigenvalue weighted by Gasteiger charge is 2.51. The Morgan fingerprint density at radius 1 is 1.30 bits per heavy atom. The average Bonchev–Trinajstić information content (AvgIpc) is 3.00. The first-order chi connectivity index (χ1) is 12.8. The third kappa shape index (κ3) is 3.39. The maximum Gasteiger partial charge on any atom is 0.388 e. The molecule has 2 heterocycles. The number of hydrogen-bond acceptors (Lipinski definition) is 6. The van der Waals surface area contributed by atoms with E-state index in [0.29, 0.717) is 22.4 Å². The molecule has 142 valence electrons. The fourth-order valence-electron chi connectivity index (χ4n) is 2.91. The minimum Gasteiger partial charge on any atom is -0.495 e. The molecule has 2 aliphatic heterocycles. The standard InChI is InChI=1S/C17H19N5O4S/c1-20-14-13(15(24)22(3)17(25)21(14)2)19-16(20)27-9-12(23)18-10-7-5-6-8-11(10)26-4/h5-8,13H,9H2,1-4H3/p+1. The maximum absolute atomic E-state index is 12.3. The molecule has 1 aromatic carbocycles. The second-order valence-corrected chi connectivity index (χ2v) is 6.95. The number of anilines is 1. The van der Waals surface area contributed by atoms with Crippen molar-refractivity contribution in [1.82, 2.24) is 9.80 Å². The summed E-state index contributed by atoms with van der Waals surface area (Å²) in [7, 11) is 6.29. The number of likely N-dealkylation sites (N-methyl/N-ethyl adjacent to an activating group) is 2. The molecule has 4 amide bonds. The van der Waals surface area contributed by atoms with Gasteiger partial charge in [0.05, 0.1) is 32.6 Å². The van der Waals surface area contributed by atoms with Crippen LogP contribution in [0.3, 0.4) is 0 Å². The Balaban J connectivity index is 1.70. The number of carbonyl (C=O) groups is 3. The van der Waals surface area contributed by atoms with E-state index >= 15 is 0 Å². The number of para-hydroxylation sites is 2. The summed E-state index contributed by atoms with van der Waals surface area (Å²) >= 11 is 1.20. The molecule has 1 N–H and O–H groups in total. The van der Waals surface area contributed by atoms with E-state index in [-0.39, 0.29) is 17.6 Å². The third-order valence-corrected chi connectivity index (χ3v) is 5.35. The summed E-state index contributed by atoms with van der Waals surface area (Å²) in [6.07, 6.45) is 0. The van der Waals surface area contributed by atoms with Crippen molar-refractivity contribution in [2.24, 2.45) is 4.99 Å². The van der Waals surface area contributed by atoms with Crippen molar-refractivity contribution in [3.05, 3.63) is 24.3 Å². The van der Waals surface area contributed by atoms with Crippen LogP contribution in [0.25, 0.3) is 0 Å². The molecule has 1 atom stereocenters. The topological polar surface area (TPSA) is 94.3 Å². The van der Waals surface area contributed by atoms with Gasteiger partial charge < -0.3 is 10.1 Å². The quantitative estimate of drug-likeness (QED) is 0.763. The van der Waals surface area contributed by atoms with Gasteiger partial charge in [-0.15, -0.1) is 4.99 Å². The van der Waals surface area contributed by atoms with Crippen LogP contribution in [0.5, 0.6) is 5.75 Å². The summed E-state index contributed by atoms with van der Waals surface area (Å²) in [5.41, 5.74) is 0.581. The van der Waals surface area contributed by atoms with Crippen molar-refractivity contribution < 1.29 is 23.7 Å². The minimum atomic E-state index is -0.762. The number of benzene rings is 1. The molecule has 1 saturated heterocycles. The normalized spacial score (nSPS) is 19.3. The SMILES string of the molecule is COc1ccccc1NC(=O)CSC1=NC2C(=O)N(C)C(=O)N(C)C2=[N+]1C. The van der Waals surface area contributed by atoms with E-state index in [1.807, 2.05) is 6.07 Å².